The summed E-state index contributed by atoms with van der Waals surface area (Å²) in [6, 6.07) is 3.74. The first-order chi connectivity index (χ1) is 16.5. The van der Waals surface area contributed by atoms with Gasteiger partial charge in [-0.1, -0.05) is 11.2 Å². The molecule has 0 spiro atoms. The number of aryl methyl sites for hydroxylation is 1. The lowest BCUT2D eigenvalue weighted by atomic mass is 9.85. The molecule has 2 atom stereocenters. The number of fused-ring (bicyclic) bond motifs is 1. The molecular formula is C23H21F4N5O3. The van der Waals surface area contributed by atoms with E-state index in [2.05, 4.69) is 20.4 Å². The zero-order chi connectivity index (χ0) is 25.0. The third-order valence-electron chi connectivity index (χ3n) is 6.18. The summed E-state index contributed by atoms with van der Waals surface area (Å²) in [5.41, 5.74) is 3.46. The molecule has 0 saturated heterocycles. The number of nitrogens with zero attached hydrogens (tertiary/aromatic N) is 4. The Bertz CT molecular complexity index is 1360. The molecule has 1 amide bonds. The van der Waals surface area contributed by atoms with Crippen molar-refractivity contribution < 1.29 is 31.6 Å². The largest absolute Gasteiger partial charge is 0.362 e. The van der Waals surface area contributed by atoms with Gasteiger partial charge in [0.15, 0.2) is 5.82 Å². The van der Waals surface area contributed by atoms with Crippen molar-refractivity contribution in [1.29, 1.82) is 0 Å². The third-order valence-corrected chi connectivity index (χ3v) is 6.18. The van der Waals surface area contributed by atoms with E-state index in [1.807, 2.05) is 32.1 Å². The van der Waals surface area contributed by atoms with E-state index < -0.39 is 31.0 Å². The fraction of sp³-hybridized carbons (Fsp3) is 0.391. The molecule has 3 aromatic heterocycles. The van der Waals surface area contributed by atoms with Crippen LogP contribution in [0.2, 0.25) is 0 Å². The van der Waals surface area contributed by atoms with Gasteiger partial charge in [-0.15, -0.1) is 0 Å². The molecule has 3 heterocycles. The summed E-state index contributed by atoms with van der Waals surface area (Å²) in [5, 5.41) is 6.75. The monoisotopic (exact) mass is 491 g/mol. The lowest BCUT2D eigenvalue weighted by Crippen LogP contribution is -2.63. The fourth-order valence-corrected chi connectivity index (χ4v) is 3.99. The summed E-state index contributed by atoms with van der Waals surface area (Å²) in [4.78, 5) is 21.3. The van der Waals surface area contributed by atoms with Gasteiger partial charge < -0.3 is 14.6 Å². The van der Waals surface area contributed by atoms with Crippen LogP contribution in [0.25, 0.3) is 5.65 Å². The molecule has 1 fully saturated rings. The standard InChI is InChI=1S/C23H21F4N5O3/c1-12-5-6-32-16(10-28-18(32)7-12)21(33)29-15-8-14(4-3-13(15)2)20-30-19(35-31-20)11-34-17-9-22(24,25)23(17,26)27/h3,5-8,10,14,17H,4,9,11H2,1-2H3,(H,29,33). The van der Waals surface area contributed by atoms with E-state index in [4.69, 9.17) is 9.26 Å². The minimum atomic E-state index is -4.23. The molecule has 1 saturated carbocycles. The number of rotatable bonds is 6. The second-order valence-corrected chi connectivity index (χ2v) is 8.72. The van der Waals surface area contributed by atoms with E-state index in [0.29, 0.717) is 23.5 Å². The van der Waals surface area contributed by atoms with Gasteiger partial charge in [-0.3, -0.25) is 9.20 Å². The van der Waals surface area contributed by atoms with E-state index in [0.717, 1.165) is 11.1 Å². The Morgan fingerprint density at radius 1 is 1.31 bits per heavy atom. The molecule has 1 N–H and O–H groups in total. The van der Waals surface area contributed by atoms with Crippen molar-refractivity contribution in [2.45, 2.75) is 57.2 Å². The summed E-state index contributed by atoms with van der Waals surface area (Å²) >= 11 is 0. The van der Waals surface area contributed by atoms with Crippen LogP contribution >= 0.6 is 0 Å². The van der Waals surface area contributed by atoms with Crippen LogP contribution in [0.1, 0.15) is 53.5 Å². The predicted octanol–water partition coefficient (Wildman–Crippen LogP) is 4.33. The molecule has 35 heavy (non-hydrogen) atoms. The van der Waals surface area contributed by atoms with Gasteiger partial charge in [0.25, 0.3) is 11.8 Å². The number of hydrogen-bond donors (Lipinski definition) is 1. The topological polar surface area (TPSA) is 94.5 Å². The molecule has 0 radical (unpaired) electrons. The number of halogens is 4. The second kappa shape index (κ2) is 8.29. The number of alkyl halides is 4. The Kier molecular flexibility index (Phi) is 5.50. The van der Waals surface area contributed by atoms with Crippen molar-refractivity contribution in [1.82, 2.24) is 24.8 Å². The van der Waals surface area contributed by atoms with E-state index >= 15 is 0 Å². The Morgan fingerprint density at radius 3 is 2.86 bits per heavy atom. The molecule has 2 aliphatic carbocycles. The van der Waals surface area contributed by atoms with E-state index in [-0.39, 0.29) is 23.5 Å². The van der Waals surface area contributed by atoms with Gasteiger partial charge in [-0.25, -0.2) is 4.98 Å². The Balaban J connectivity index is 1.26. The van der Waals surface area contributed by atoms with Crippen LogP contribution in [-0.4, -0.2) is 43.4 Å². The lowest BCUT2D eigenvalue weighted by molar-refractivity contribution is -0.343. The Labute approximate surface area is 196 Å². The molecule has 12 heteroatoms. The molecule has 0 bridgehead atoms. The van der Waals surface area contributed by atoms with Gasteiger partial charge in [0.2, 0.25) is 0 Å². The van der Waals surface area contributed by atoms with E-state index in [9.17, 15) is 22.4 Å². The van der Waals surface area contributed by atoms with E-state index in [1.165, 1.54) is 6.20 Å². The maximum Gasteiger partial charge on any atom is 0.335 e. The Morgan fingerprint density at radius 2 is 2.11 bits per heavy atom. The fourth-order valence-electron chi connectivity index (χ4n) is 3.99. The molecule has 0 aliphatic heterocycles. The number of carbonyl (C=O) groups excluding carboxylic acids is 1. The molecule has 184 valence electrons. The smallest absolute Gasteiger partial charge is 0.335 e. The first kappa shape index (κ1) is 23.2. The van der Waals surface area contributed by atoms with Crippen LogP contribution in [0.4, 0.5) is 17.6 Å². The summed E-state index contributed by atoms with van der Waals surface area (Å²) < 4.78 is 64.3. The number of carbonyl (C=O) groups is 1. The number of allylic oxidation sites excluding steroid dienone is 3. The zero-order valence-electron chi connectivity index (χ0n) is 18.8. The normalized spacial score (nSPS) is 22.9. The predicted molar refractivity (Wildman–Crippen MR) is 114 cm³/mol. The first-order valence-electron chi connectivity index (χ1n) is 10.9. The van der Waals surface area contributed by atoms with E-state index in [1.54, 1.807) is 16.7 Å². The zero-order valence-corrected chi connectivity index (χ0v) is 18.8. The van der Waals surface area contributed by atoms with Gasteiger partial charge >= 0.3 is 11.8 Å². The lowest BCUT2D eigenvalue weighted by Gasteiger charge is -2.42. The van der Waals surface area contributed by atoms with Gasteiger partial charge in [-0.2, -0.15) is 22.5 Å². The SMILES string of the molecule is CC1=CCC(c2noc(COC3CC(F)(F)C3(F)F)n2)C=C1NC(=O)c1cnc2cc(C)ccn12. The van der Waals surface area contributed by atoms with Crippen molar-refractivity contribution in [2.75, 3.05) is 0 Å². The number of imidazole rings is 1. The quantitative estimate of drug-likeness (QED) is 0.516. The molecule has 3 aromatic rings. The number of ether oxygens (including phenoxy) is 1. The average molecular weight is 491 g/mol. The van der Waals surface area contributed by atoms with Crippen molar-refractivity contribution in [3.8, 4) is 0 Å². The van der Waals surface area contributed by atoms with Crippen LogP contribution in [0, 0.1) is 6.92 Å². The summed E-state index contributed by atoms with van der Waals surface area (Å²) in [5.74, 6) is -8.84. The van der Waals surface area contributed by atoms with Gasteiger partial charge in [0.1, 0.15) is 24.1 Å². The van der Waals surface area contributed by atoms with Gasteiger partial charge in [-0.05, 0) is 49.6 Å². The van der Waals surface area contributed by atoms with Crippen LogP contribution in [0.5, 0.6) is 0 Å². The summed E-state index contributed by atoms with van der Waals surface area (Å²) in [7, 11) is 0. The van der Waals surface area contributed by atoms with Crippen molar-refractivity contribution in [2.24, 2.45) is 0 Å². The third kappa shape index (κ3) is 4.11. The number of aromatic nitrogens is 4. The number of amides is 1. The summed E-state index contributed by atoms with van der Waals surface area (Å²) in [6.07, 6.45) is 4.50. The second-order valence-electron chi connectivity index (χ2n) is 8.72. The highest BCUT2D eigenvalue weighted by Crippen LogP contribution is 2.52. The van der Waals surface area contributed by atoms with Crippen LogP contribution < -0.4 is 5.32 Å². The molecule has 8 nitrogen and oxygen atoms in total. The van der Waals surface area contributed by atoms with Crippen molar-refractivity contribution in [3.63, 3.8) is 0 Å². The highest BCUT2D eigenvalue weighted by Gasteiger charge is 2.72. The van der Waals surface area contributed by atoms with Crippen molar-refractivity contribution in [3.05, 3.63) is 70.9 Å². The Hall–Kier alpha value is -3.54. The molecule has 0 aromatic carbocycles. The van der Waals surface area contributed by atoms with Crippen LogP contribution in [0.15, 0.2) is 52.5 Å². The minimum Gasteiger partial charge on any atom is -0.362 e. The first-order valence-corrected chi connectivity index (χ1v) is 10.9. The highest BCUT2D eigenvalue weighted by molar-refractivity contribution is 5.94. The summed E-state index contributed by atoms with van der Waals surface area (Å²) in [6.45, 7) is 3.28. The van der Waals surface area contributed by atoms with Crippen LogP contribution in [-0.2, 0) is 11.3 Å². The molecule has 2 aliphatic rings. The van der Waals surface area contributed by atoms with Gasteiger partial charge in [0, 0.05) is 17.8 Å². The maximum atomic E-state index is 13.4. The average Bonchev–Trinajstić information content (AvgIpc) is 3.45. The van der Waals surface area contributed by atoms with Gasteiger partial charge in [0.05, 0.1) is 12.6 Å². The van der Waals surface area contributed by atoms with Crippen molar-refractivity contribution >= 4 is 11.6 Å². The number of nitrogens with one attached hydrogen (secondary N) is 1. The minimum absolute atomic E-state index is 0.0997. The number of pyridine rings is 1. The molecular weight excluding hydrogens is 470 g/mol. The van der Waals surface area contributed by atoms with Crippen LogP contribution in [0.3, 0.4) is 0 Å². The molecule has 2 unspecified atom stereocenters. The number of hydrogen-bond acceptors (Lipinski definition) is 6. The highest BCUT2D eigenvalue weighted by atomic mass is 19.3. The maximum absolute atomic E-state index is 13.4. The molecule has 5 rings (SSSR count).